The number of nitrogens with two attached hydrogens (primary N) is 1. The van der Waals surface area contributed by atoms with Crippen LogP contribution in [-0.2, 0) is 9.53 Å². The van der Waals surface area contributed by atoms with Crippen LogP contribution in [0.4, 0.5) is 0 Å². The van der Waals surface area contributed by atoms with Gasteiger partial charge in [-0.05, 0) is 25.8 Å². The van der Waals surface area contributed by atoms with Crippen LogP contribution in [0.5, 0.6) is 0 Å². The second-order valence-corrected chi connectivity index (χ2v) is 5.49. The van der Waals surface area contributed by atoms with E-state index in [-0.39, 0.29) is 5.91 Å². The number of aryl methyl sites for hydroxylation is 1. The molecule has 1 aromatic rings. The molecule has 0 aliphatic carbocycles. The highest BCUT2D eigenvalue weighted by molar-refractivity contribution is 5.83. The molecule has 1 aromatic carbocycles. The van der Waals surface area contributed by atoms with Gasteiger partial charge in [-0.25, -0.2) is 0 Å². The molecule has 1 heterocycles. The van der Waals surface area contributed by atoms with E-state index >= 15 is 0 Å². The average Bonchev–Trinajstić information content (AvgIpc) is 2.97. The van der Waals surface area contributed by atoms with Crippen LogP contribution in [0.1, 0.15) is 30.5 Å². The van der Waals surface area contributed by atoms with Crippen molar-refractivity contribution >= 4 is 5.91 Å². The number of likely N-dealkylation sites (N-methyl/N-ethyl adjacent to an activating group) is 1. The van der Waals surface area contributed by atoms with Gasteiger partial charge in [-0.15, -0.1) is 0 Å². The van der Waals surface area contributed by atoms with Gasteiger partial charge in [-0.2, -0.15) is 0 Å². The Hall–Kier alpha value is -1.39. The fraction of sp³-hybridized carbons (Fsp3) is 0.562. The van der Waals surface area contributed by atoms with E-state index in [0.29, 0.717) is 12.5 Å². The largest absolute Gasteiger partial charge is 0.381 e. The fourth-order valence-corrected chi connectivity index (χ4v) is 2.53. The summed E-state index contributed by atoms with van der Waals surface area (Å²) in [5.41, 5.74) is 8.16. The lowest BCUT2D eigenvalue weighted by atomic mass is 10.0. The van der Waals surface area contributed by atoms with Crippen molar-refractivity contribution in [2.24, 2.45) is 11.7 Å². The maximum absolute atomic E-state index is 12.5. The van der Waals surface area contributed by atoms with Crippen molar-refractivity contribution in [1.29, 1.82) is 0 Å². The first-order chi connectivity index (χ1) is 9.61. The van der Waals surface area contributed by atoms with Crippen LogP contribution in [0, 0.1) is 12.8 Å². The van der Waals surface area contributed by atoms with Crippen molar-refractivity contribution in [1.82, 2.24) is 4.90 Å². The molecule has 1 saturated heterocycles. The van der Waals surface area contributed by atoms with Crippen LogP contribution < -0.4 is 5.73 Å². The molecule has 2 unspecified atom stereocenters. The van der Waals surface area contributed by atoms with E-state index in [1.165, 1.54) is 5.56 Å². The molecular weight excluding hydrogens is 252 g/mol. The molecule has 2 rings (SSSR count). The van der Waals surface area contributed by atoms with Gasteiger partial charge in [-0.3, -0.25) is 4.79 Å². The molecule has 4 nitrogen and oxygen atoms in total. The predicted molar refractivity (Wildman–Crippen MR) is 79.3 cm³/mol. The summed E-state index contributed by atoms with van der Waals surface area (Å²) in [7, 11) is 0. The van der Waals surface area contributed by atoms with Crippen LogP contribution in [0.25, 0.3) is 0 Å². The highest BCUT2D eigenvalue weighted by Gasteiger charge is 2.25. The number of hydrogen-bond acceptors (Lipinski definition) is 3. The first-order valence-electron chi connectivity index (χ1n) is 7.30. The Balaban J connectivity index is 2.01. The minimum absolute atomic E-state index is 0.00301. The topological polar surface area (TPSA) is 55.6 Å². The maximum atomic E-state index is 12.5. The Kier molecular flexibility index (Phi) is 5.15. The Bertz CT molecular complexity index is 438. The Morgan fingerprint density at radius 1 is 1.45 bits per heavy atom. The van der Waals surface area contributed by atoms with Gasteiger partial charge in [0.05, 0.1) is 6.61 Å². The normalized spacial score (nSPS) is 19.9. The second kappa shape index (κ2) is 6.86. The number of benzene rings is 1. The molecule has 0 bridgehead atoms. The average molecular weight is 276 g/mol. The minimum Gasteiger partial charge on any atom is -0.381 e. The Labute approximate surface area is 120 Å². The molecule has 1 fully saturated rings. The number of hydrogen-bond donors (Lipinski definition) is 1. The summed E-state index contributed by atoms with van der Waals surface area (Å²) in [4.78, 5) is 14.4. The standard InChI is InChI=1S/C16H24N2O2/c1-3-18(10-13-8-9-20-11-13)16(19)15(17)14-6-4-12(2)5-7-14/h4-7,13,15H,3,8-11,17H2,1-2H3. The summed E-state index contributed by atoms with van der Waals surface area (Å²) in [5, 5.41) is 0. The van der Waals surface area contributed by atoms with Gasteiger partial charge < -0.3 is 15.4 Å². The zero-order valence-corrected chi connectivity index (χ0v) is 12.3. The van der Waals surface area contributed by atoms with Gasteiger partial charge in [0.2, 0.25) is 5.91 Å². The number of carbonyl (C=O) groups excluding carboxylic acids is 1. The van der Waals surface area contributed by atoms with Crippen LogP contribution in [0.2, 0.25) is 0 Å². The van der Waals surface area contributed by atoms with Gasteiger partial charge in [0, 0.05) is 25.6 Å². The van der Waals surface area contributed by atoms with E-state index in [9.17, 15) is 4.79 Å². The highest BCUT2D eigenvalue weighted by Crippen LogP contribution is 2.18. The lowest BCUT2D eigenvalue weighted by Crippen LogP contribution is -2.41. The third-order valence-electron chi connectivity index (χ3n) is 3.90. The van der Waals surface area contributed by atoms with Gasteiger partial charge in [0.25, 0.3) is 0 Å². The molecule has 1 amide bonds. The van der Waals surface area contributed by atoms with E-state index in [0.717, 1.165) is 31.7 Å². The SMILES string of the molecule is CCN(CC1CCOC1)C(=O)C(N)c1ccc(C)cc1. The van der Waals surface area contributed by atoms with Gasteiger partial charge in [0.1, 0.15) is 6.04 Å². The quantitative estimate of drug-likeness (QED) is 0.893. The molecule has 0 spiro atoms. The lowest BCUT2D eigenvalue weighted by molar-refractivity contribution is -0.133. The second-order valence-electron chi connectivity index (χ2n) is 5.49. The van der Waals surface area contributed by atoms with Crippen molar-refractivity contribution < 1.29 is 9.53 Å². The Morgan fingerprint density at radius 3 is 2.70 bits per heavy atom. The summed E-state index contributed by atoms with van der Waals surface area (Å²) in [6.45, 7) is 7.01. The third kappa shape index (κ3) is 3.58. The van der Waals surface area contributed by atoms with E-state index in [1.54, 1.807) is 0 Å². The maximum Gasteiger partial charge on any atom is 0.244 e. The van der Waals surface area contributed by atoms with Crippen molar-refractivity contribution in [3.05, 3.63) is 35.4 Å². The Morgan fingerprint density at radius 2 is 2.15 bits per heavy atom. The van der Waals surface area contributed by atoms with Crippen molar-refractivity contribution in [3.63, 3.8) is 0 Å². The smallest absolute Gasteiger partial charge is 0.244 e. The summed E-state index contributed by atoms with van der Waals surface area (Å²) >= 11 is 0. The minimum atomic E-state index is -0.571. The number of carbonyl (C=O) groups is 1. The summed E-state index contributed by atoms with van der Waals surface area (Å²) < 4.78 is 5.37. The zero-order chi connectivity index (χ0) is 14.5. The van der Waals surface area contributed by atoms with Crippen LogP contribution >= 0.6 is 0 Å². The highest BCUT2D eigenvalue weighted by atomic mass is 16.5. The van der Waals surface area contributed by atoms with E-state index in [2.05, 4.69) is 0 Å². The van der Waals surface area contributed by atoms with Gasteiger partial charge in [0.15, 0.2) is 0 Å². The summed E-state index contributed by atoms with van der Waals surface area (Å²) in [6, 6.07) is 7.28. The molecule has 2 N–H and O–H groups in total. The molecule has 20 heavy (non-hydrogen) atoms. The zero-order valence-electron chi connectivity index (χ0n) is 12.3. The van der Waals surface area contributed by atoms with Crippen LogP contribution in [-0.4, -0.2) is 37.1 Å². The number of nitrogens with zero attached hydrogens (tertiary/aromatic N) is 1. The molecule has 0 aromatic heterocycles. The van der Waals surface area contributed by atoms with Crippen LogP contribution in [0.3, 0.4) is 0 Å². The molecule has 0 saturated carbocycles. The first kappa shape index (κ1) is 15.0. The number of amides is 1. The van der Waals surface area contributed by atoms with E-state index in [4.69, 9.17) is 10.5 Å². The predicted octanol–water partition coefficient (Wildman–Crippen LogP) is 1.88. The van der Waals surface area contributed by atoms with Crippen molar-refractivity contribution in [2.75, 3.05) is 26.3 Å². The molecular formula is C16H24N2O2. The van der Waals surface area contributed by atoms with Crippen LogP contribution in [0.15, 0.2) is 24.3 Å². The number of ether oxygens (including phenoxy) is 1. The first-order valence-corrected chi connectivity index (χ1v) is 7.30. The van der Waals surface area contributed by atoms with E-state index < -0.39 is 6.04 Å². The monoisotopic (exact) mass is 276 g/mol. The summed E-state index contributed by atoms with van der Waals surface area (Å²) in [6.07, 6.45) is 1.03. The summed E-state index contributed by atoms with van der Waals surface area (Å²) in [5.74, 6) is 0.451. The van der Waals surface area contributed by atoms with Gasteiger partial charge in [-0.1, -0.05) is 29.8 Å². The molecule has 1 aliphatic heterocycles. The molecule has 110 valence electrons. The van der Waals surface area contributed by atoms with E-state index in [1.807, 2.05) is 43.0 Å². The molecule has 2 atom stereocenters. The lowest BCUT2D eigenvalue weighted by Gasteiger charge is -2.26. The molecule has 1 aliphatic rings. The molecule has 4 heteroatoms. The third-order valence-corrected chi connectivity index (χ3v) is 3.90. The van der Waals surface area contributed by atoms with Crippen molar-refractivity contribution in [2.45, 2.75) is 26.3 Å². The van der Waals surface area contributed by atoms with Gasteiger partial charge >= 0.3 is 0 Å². The van der Waals surface area contributed by atoms with Crippen molar-refractivity contribution in [3.8, 4) is 0 Å². The fourth-order valence-electron chi connectivity index (χ4n) is 2.53. The number of rotatable bonds is 5. The molecule has 0 radical (unpaired) electrons.